The Kier molecular flexibility index (Phi) is 7.50. The lowest BCUT2D eigenvalue weighted by Gasteiger charge is -2.28. The minimum absolute atomic E-state index is 0.0472. The van der Waals surface area contributed by atoms with Gasteiger partial charge in [0.2, 0.25) is 0 Å². The second-order valence-electron chi connectivity index (χ2n) is 8.28. The predicted octanol–water partition coefficient (Wildman–Crippen LogP) is 6.40. The number of carbonyl (C=O) groups excluding carboxylic acids is 1. The van der Waals surface area contributed by atoms with Crippen LogP contribution in [0.3, 0.4) is 0 Å². The Hall–Kier alpha value is -2.66. The van der Waals surface area contributed by atoms with E-state index >= 15 is 0 Å². The number of thiazole rings is 1. The fraction of sp³-hybridized carbons (Fsp3) is 0.385. The highest BCUT2D eigenvalue weighted by molar-refractivity contribution is 7.09. The lowest BCUT2D eigenvalue weighted by Crippen LogP contribution is -2.37. The molecule has 0 N–H and O–H groups in total. The first-order valence-electron chi connectivity index (χ1n) is 10.8. The summed E-state index contributed by atoms with van der Waals surface area (Å²) in [7, 11) is 0. The molecule has 164 valence electrons. The summed E-state index contributed by atoms with van der Waals surface area (Å²) < 4.78 is 6.07. The first kappa shape index (κ1) is 23.0. The summed E-state index contributed by atoms with van der Waals surface area (Å²) in [5.74, 6) is 0.955. The quantitative estimate of drug-likeness (QED) is 0.410. The number of aromatic nitrogens is 1. The molecule has 0 saturated carbocycles. The molecule has 0 bridgehead atoms. The number of nitrogens with zero attached hydrogens (tertiary/aromatic N) is 2. The molecule has 3 rings (SSSR count). The summed E-state index contributed by atoms with van der Waals surface area (Å²) in [5, 5.41) is 2.95. The standard InChI is InChI=1S/C26H32N2O2S/c1-7-20(5)28(26(29)22-10-8-17(2)9-11-22)14-23-16-31-25(27-23)15-30-24-13-18(3)12-19(4)21(24)6/h8-13,16,20H,7,14-15H2,1-6H3. The average molecular weight is 437 g/mol. The van der Waals surface area contributed by atoms with E-state index in [-0.39, 0.29) is 11.9 Å². The van der Waals surface area contributed by atoms with Gasteiger partial charge >= 0.3 is 0 Å². The van der Waals surface area contributed by atoms with Gasteiger partial charge in [-0.05, 0) is 75.9 Å². The maximum atomic E-state index is 13.2. The van der Waals surface area contributed by atoms with Gasteiger partial charge in [0, 0.05) is 17.0 Å². The molecule has 1 aromatic heterocycles. The van der Waals surface area contributed by atoms with E-state index in [1.54, 1.807) is 11.3 Å². The molecular formula is C26H32N2O2S. The SMILES string of the molecule is CCC(C)N(Cc1csc(COc2cc(C)cc(C)c2C)n1)C(=O)c1ccc(C)cc1. The van der Waals surface area contributed by atoms with E-state index in [0.717, 1.165) is 39.6 Å². The number of benzene rings is 2. The Balaban J connectivity index is 1.71. The summed E-state index contributed by atoms with van der Waals surface area (Å²) in [5.41, 5.74) is 6.35. The molecule has 4 nitrogen and oxygen atoms in total. The molecule has 3 aromatic rings. The number of carbonyl (C=O) groups is 1. The van der Waals surface area contributed by atoms with Crippen molar-refractivity contribution in [2.45, 2.75) is 67.2 Å². The molecule has 1 atom stereocenters. The number of aryl methyl sites for hydroxylation is 3. The molecular weight excluding hydrogens is 404 g/mol. The van der Waals surface area contributed by atoms with Gasteiger partial charge in [0.1, 0.15) is 17.4 Å². The van der Waals surface area contributed by atoms with Crippen LogP contribution >= 0.6 is 11.3 Å². The Labute approximate surface area is 189 Å². The predicted molar refractivity (Wildman–Crippen MR) is 128 cm³/mol. The van der Waals surface area contributed by atoms with Crippen molar-refractivity contribution in [3.63, 3.8) is 0 Å². The molecule has 0 saturated heterocycles. The maximum absolute atomic E-state index is 13.2. The van der Waals surface area contributed by atoms with E-state index in [4.69, 9.17) is 9.72 Å². The fourth-order valence-electron chi connectivity index (χ4n) is 3.46. The van der Waals surface area contributed by atoms with Crippen molar-refractivity contribution >= 4 is 17.2 Å². The van der Waals surface area contributed by atoms with Crippen LogP contribution in [0.5, 0.6) is 5.75 Å². The van der Waals surface area contributed by atoms with Gasteiger partial charge < -0.3 is 9.64 Å². The molecule has 1 heterocycles. The second kappa shape index (κ2) is 10.1. The monoisotopic (exact) mass is 436 g/mol. The molecule has 0 spiro atoms. The van der Waals surface area contributed by atoms with Crippen LogP contribution in [0.4, 0.5) is 0 Å². The van der Waals surface area contributed by atoms with Crippen LogP contribution in [0.25, 0.3) is 0 Å². The van der Waals surface area contributed by atoms with E-state index in [0.29, 0.717) is 13.2 Å². The minimum Gasteiger partial charge on any atom is -0.486 e. The third-order valence-electron chi connectivity index (χ3n) is 5.73. The van der Waals surface area contributed by atoms with E-state index < -0.39 is 0 Å². The van der Waals surface area contributed by atoms with Crippen LogP contribution in [0.2, 0.25) is 0 Å². The van der Waals surface area contributed by atoms with Crippen molar-refractivity contribution in [3.05, 3.63) is 80.3 Å². The highest BCUT2D eigenvalue weighted by Crippen LogP contribution is 2.25. The highest BCUT2D eigenvalue weighted by Gasteiger charge is 2.22. The molecule has 2 aromatic carbocycles. The van der Waals surface area contributed by atoms with Crippen LogP contribution in [-0.2, 0) is 13.2 Å². The Morgan fingerprint density at radius 3 is 2.48 bits per heavy atom. The molecule has 31 heavy (non-hydrogen) atoms. The smallest absolute Gasteiger partial charge is 0.254 e. The molecule has 1 unspecified atom stereocenters. The lowest BCUT2D eigenvalue weighted by molar-refractivity contribution is 0.0669. The largest absolute Gasteiger partial charge is 0.486 e. The Morgan fingerprint density at radius 2 is 1.81 bits per heavy atom. The summed E-state index contributed by atoms with van der Waals surface area (Å²) >= 11 is 1.58. The van der Waals surface area contributed by atoms with Crippen LogP contribution in [-0.4, -0.2) is 21.8 Å². The van der Waals surface area contributed by atoms with E-state index in [2.05, 4.69) is 46.8 Å². The summed E-state index contributed by atoms with van der Waals surface area (Å²) in [6.45, 7) is 13.4. The lowest BCUT2D eigenvalue weighted by atomic mass is 10.1. The first-order chi connectivity index (χ1) is 14.8. The van der Waals surface area contributed by atoms with Crippen LogP contribution in [0.15, 0.2) is 41.8 Å². The highest BCUT2D eigenvalue weighted by atomic mass is 32.1. The molecule has 1 amide bonds. The zero-order valence-corrected chi connectivity index (χ0v) is 20.2. The normalized spacial score (nSPS) is 11.9. The number of ether oxygens (including phenoxy) is 1. The van der Waals surface area contributed by atoms with Crippen molar-refractivity contribution in [1.29, 1.82) is 0 Å². The molecule has 0 aliphatic rings. The van der Waals surface area contributed by atoms with Crippen LogP contribution < -0.4 is 4.74 Å². The van der Waals surface area contributed by atoms with Gasteiger partial charge in [0.25, 0.3) is 5.91 Å². The van der Waals surface area contributed by atoms with Crippen molar-refractivity contribution < 1.29 is 9.53 Å². The summed E-state index contributed by atoms with van der Waals surface area (Å²) in [6.07, 6.45) is 0.893. The fourth-order valence-corrected chi connectivity index (χ4v) is 4.16. The minimum atomic E-state index is 0.0472. The van der Waals surface area contributed by atoms with Crippen molar-refractivity contribution in [2.75, 3.05) is 0 Å². The van der Waals surface area contributed by atoms with Crippen LogP contribution in [0.1, 0.15) is 63.6 Å². The zero-order chi connectivity index (χ0) is 22.5. The number of hydrogen-bond donors (Lipinski definition) is 0. The van der Waals surface area contributed by atoms with Crippen molar-refractivity contribution in [2.24, 2.45) is 0 Å². The summed E-state index contributed by atoms with van der Waals surface area (Å²) in [6, 6.07) is 12.1. The average Bonchev–Trinajstić information content (AvgIpc) is 3.20. The van der Waals surface area contributed by atoms with Gasteiger partial charge in [-0.15, -0.1) is 11.3 Å². The zero-order valence-electron chi connectivity index (χ0n) is 19.4. The topological polar surface area (TPSA) is 42.4 Å². The molecule has 0 aliphatic carbocycles. The van der Waals surface area contributed by atoms with Gasteiger partial charge in [-0.1, -0.05) is 30.7 Å². The number of amides is 1. The van der Waals surface area contributed by atoms with Gasteiger partial charge in [-0.2, -0.15) is 0 Å². The third kappa shape index (κ3) is 5.73. The molecule has 0 fully saturated rings. The Bertz CT molecular complexity index is 1040. The van der Waals surface area contributed by atoms with Crippen LogP contribution in [0, 0.1) is 27.7 Å². The van der Waals surface area contributed by atoms with Crippen molar-refractivity contribution in [3.8, 4) is 5.75 Å². The van der Waals surface area contributed by atoms with E-state index in [9.17, 15) is 4.79 Å². The second-order valence-corrected chi connectivity index (χ2v) is 9.23. The number of rotatable bonds is 8. The number of hydrogen-bond acceptors (Lipinski definition) is 4. The molecule has 0 aliphatic heterocycles. The Morgan fingerprint density at radius 1 is 1.10 bits per heavy atom. The van der Waals surface area contributed by atoms with E-state index in [1.807, 2.05) is 41.5 Å². The van der Waals surface area contributed by atoms with Gasteiger partial charge in [0.15, 0.2) is 0 Å². The van der Waals surface area contributed by atoms with Gasteiger partial charge in [0.05, 0.1) is 12.2 Å². The van der Waals surface area contributed by atoms with Crippen molar-refractivity contribution in [1.82, 2.24) is 9.88 Å². The van der Waals surface area contributed by atoms with E-state index in [1.165, 1.54) is 11.1 Å². The van der Waals surface area contributed by atoms with Gasteiger partial charge in [-0.25, -0.2) is 4.98 Å². The molecule has 0 radical (unpaired) electrons. The first-order valence-corrected chi connectivity index (χ1v) is 11.7. The summed E-state index contributed by atoms with van der Waals surface area (Å²) in [4.78, 5) is 19.8. The maximum Gasteiger partial charge on any atom is 0.254 e. The third-order valence-corrected chi connectivity index (χ3v) is 6.60. The van der Waals surface area contributed by atoms with Gasteiger partial charge in [-0.3, -0.25) is 4.79 Å². The molecule has 5 heteroatoms.